The molecule has 0 bridgehead atoms. The molecule has 0 aliphatic heterocycles. The van der Waals surface area contributed by atoms with E-state index in [1.54, 1.807) is 0 Å². The zero-order valence-corrected chi connectivity index (χ0v) is 15.2. The number of sulfone groups is 1. The molecule has 0 unspecified atom stereocenters. The summed E-state index contributed by atoms with van der Waals surface area (Å²) in [5.41, 5.74) is -0.382. The summed E-state index contributed by atoms with van der Waals surface area (Å²) in [4.78, 5) is 12.9. The summed E-state index contributed by atoms with van der Waals surface area (Å²) in [6.45, 7) is 0. The molecule has 0 spiro atoms. The van der Waals surface area contributed by atoms with Crippen LogP contribution in [0.25, 0.3) is 0 Å². The minimum atomic E-state index is -4.05. The van der Waals surface area contributed by atoms with Crippen LogP contribution in [0, 0.1) is 11.6 Å². The zero-order chi connectivity index (χ0) is 18.9. The molecule has 4 nitrogen and oxygen atoms in total. The molecular weight excluding hydrogens is 384 g/mol. The summed E-state index contributed by atoms with van der Waals surface area (Å²) >= 11 is 5.81. The van der Waals surface area contributed by atoms with Crippen LogP contribution < -0.4 is 5.32 Å². The molecule has 3 rings (SSSR count). The first-order valence-electron chi connectivity index (χ1n) is 8.03. The second kappa shape index (κ2) is 6.96. The second-order valence-electron chi connectivity index (χ2n) is 6.24. The summed E-state index contributed by atoms with van der Waals surface area (Å²) in [7, 11) is -4.05. The quantitative estimate of drug-likeness (QED) is 0.831. The van der Waals surface area contributed by atoms with E-state index < -0.39 is 32.1 Å². The molecule has 138 valence electrons. The first-order valence-corrected chi connectivity index (χ1v) is 9.89. The molecule has 0 atom stereocenters. The summed E-state index contributed by atoms with van der Waals surface area (Å²) in [6, 6.07) is 8.16. The summed E-state index contributed by atoms with van der Waals surface area (Å²) < 4.78 is 51.9. The third kappa shape index (κ3) is 3.21. The topological polar surface area (TPSA) is 63.2 Å². The van der Waals surface area contributed by atoms with E-state index in [-0.39, 0.29) is 23.4 Å². The van der Waals surface area contributed by atoms with E-state index in [1.807, 2.05) is 0 Å². The molecule has 0 aromatic heterocycles. The highest BCUT2D eigenvalue weighted by atomic mass is 35.5. The fourth-order valence-corrected chi connectivity index (χ4v) is 5.43. The number of carbonyl (C=O) groups excluding carboxylic acids is 1. The van der Waals surface area contributed by atoms with Crippen LogP contribution in [0.3, 0.4) is 0 Å². The van der Waals surface area contributed by atoms with Crippen molar-refractivity contribution in [2.24, 2.45) is 0 Å². The highest BCUT2D eigenvalue weighted by Gasteiger charge is 2.53. The van der Waals surface area contributed by atoms with E-state index in [9.17, 15) is 22.0 Å². The van der Waals surface area contributed by atoms with Crippen molar-refractivity contribution >= 4 is 33.0 Å². The number of anilines is 1. The van der Waals surface area contributed by atoms with Crippen LogP contribution in [-0.4, -0.2) is 19.1 Å². The van der Waals surface area contributed by atoms with Crippen LogP contribution in [0.2, 0.25) is 5.02 Å². The van der Waals surface area contributed by atoms with E-state index in [1.165, 1.54) is 24.3 Å². The maximum Gasteiger partial charge on any atom is 0.246 e. The van der Waals surface area contributed by atoms with Crippen LogP contribution in [-0.2, 0) is 14.6 Å². The number of nitrogens with one attached hydrogen (secondary N) is 1. The van der Waals surface area contributed by atoms with Crippen LogP contribution in [0.15, 0.2) is 47.4 Å². The molecule has 0 heterocycles. The Morgan fingerprint density at radius 3 is 2.27 bits per heavy atom. The average Bonchev–Trinajstić information content (AvgIpc) is 3.10. The van der Waals surface area contributed by atoms with Gasteiger partial charge < -0.3 is 5.32 Å². The first-order chi connectivity index (χ1) is 12.3. The molecule has 8 heteroatoms. The Kier molecular flexibility index (Phi) is 5.03. The normalized spacial score (nSPS) is 16.4. The molecule has 1 fully saturated rings. The smallest absolute Gasteiger partial charge is 0.246 e. The van der Waals surface area contributed by atoms with Crippen molar-refractivity contribution in [3.8, 4) is 0 Å². The number of hydrogen-bond acceptors (Lipinski definition) is 3. The second-order valence-corrected chi connectivity index (χ2v) is 8.93. The Labute approximate surface area is 155 Å². The van der Waals surface area contributed by atoms with Gasteiger partial charge in [-0.2, -0.15) is 0 Å². The van der Waals surface area contributed by atoms with Gasteiger partial charge in [-0.3, -0.25) is 4.79 Å². The number of carbonyl (C=O) groups is 1. The fourth-order valence-electron chi connectivity index (χ4n) is 3.23. The minimum Gasteiger partial charge on any atom is -0.322 e. The average molecular weight is 400 g/mol. The predicted octanol–water partition coefficient (Wildman–Crippen LogP) is 4.34. The lowest BCUT2D eigenvalue weighted by Gasteiger charge is -2.27. The number of amides is 1. The number of rotatable bonds is 4. The molecule has 1 amide bonds. The minimum absolute atomic E-state index is 0.0290. The van der Waals surface area contributed by atoms with Crippen LogP contribution in [0.1, 0.15) is 25.7 Å². The van der Waals surface area contributed by atoms with Gasteiger partial charge in [0.2, 0.25) is 5.91 Å². The Morgan fingerprint density at radius 2 is 1.65 bits per heavy atom. The van der Waals surface area contributed by atoms with Crippen LogP contribution in [0.5, 0.6) is 0 Å². The molecule has 0 radical (unpaired) electrons. The maximum atomic E-state index is 13.9. The van der Waals surface area contributed by atoms with Crippen LogP contribution in [0.4, 0.5) is 14.5 Å². The van der Waals surface area contributed by atoms with E-state index in [0.29, 0.717) is 17.9 Å². The Hall–Kier alpha value is -1.99. The van der Waals surface area contributed by atoms with Gasteiger partial charge in [-0.15, -0.1) is 0 Å². The van der Waals surface area contributed by atoms with Gasteiger partial charge in [0.15, 0.2) is 14.6 Å². The van der Waals surface area contributed by atoms with Crippen molar-refractivity contribution in [1.82, 2.24) is 0 Å². The van der Waals surface area contributed by atoms with Gasteiger partial charge in [-0.25, -0.2) is 17.2 Å². The van der Waals surface area contributed by atoms with Gasteiger partial charge in [0.1, 0.15) is 11.6 Å². The lowest BCUT2D eigenvalue weighted by atomic mass is 10.1. The van der Waals surface area contributed by atoms with Crippen molar-refractivity contribution in [2.75, 3.05) is 5.32 Å². The molecule has 2 aromatic rings. The predicted molar refractivity (Wildman–Crippen MR) is 94.8 cm³/mol. The van der Waals surface area contributed by atoms with Gasteiger partial charge in [0.05, 0.1) is 10.6 Å². The van der Waals surface area contributed by atoms with Gasteiger partial charge in [-0.05, 0) is 49.2 Å². The van der Waals surface area contributed by atoms with E-state index in [4.69, 9.17) is 11.6 Å². The van der Waals surface area contributed by atoms with Gasteiger partial charge in [0, 0.05) is 11.1 Å². The van der Waals surface area contributed by atoms with E-state index >= 15 is 0 Å². The highest BCUT2D eigenvalue weighted by Crippen LogP contribution is 2.41. The van der Waals surface area contributed by atoms with Crippen molar-refractivity contribution < 1.29 is 22.0 Å². The summed E-state index contributed by atoms with van der Waals surface area (Å²) in [5, 5.41) is 2.63. The molecule has 1 aliphatic carbocycles. The number of halogens is 3. The lowest BCUT2D eigenvalue weighted by molar-refractivity contribution is -0.118. The maximum absolute atomic E-state index is 13.9. The summed E-state index contributed by atoms with van der Waals surface area (Å²) in [6.07, 6.45) is 1.32. The van der Waals surface area contributed by atoms with Gasteiger partial charge in [0.25, 0.3) is 0 Å². The van der Waals surface area contributed by atoms with Crippen molar-refractivity contribution in [2.45, 2.75) is 35.3 Å². The molecule has 0 saturated heterocycles. The van der Waals surface area contributed by atoms with E-state index in [0.717, 1.165) is 18.2 Å². The fraction of sp³-hybridized carbons (Fsp3) is 0.278. The third-order valence-corrected chi connectivity index (χ3v) is 7.41. The molecule has 2 aromatic carbocycles. The molecular formula is C18H16ClF2NO3S. The van der Waals surface area contributed by atoms with Crippen molar-refractivity contribution in [1.29, 1.82) is 0 Å². The van der Waals surface area contributed by atoms with Gasteiger partial charge >= 0.3 is 0 Å². The van der Waals surface area contributed by atoms with Crippen LogP contribution >= 0.6 is 11.6 Å². The summed E-state index contributed by atoms with van der Waals surface area (Å²) in [5.74, 6) is -2.42. The lowest BCUT2D eigenvalue weighted by Crippen LogP contribution is -2.47. The molecule has 26 heavy (non-hydrogen) atoms. The SMILES string of the molecule is O=C(Nc1cc(F)ccc1F)C1(S(=O)(=O)c2ccc(Cl)cc2)CCCC1. The molecule has 1 saturated carbocycles. The highest BCUT2D eigenvalue weighted by molar-refractivity contribution is 7.93. The van der Waals surface area contributed by atoms with Gasteiger partial charge in [-0.1, -0.05) is 24.4 Å². The number of hydrogen-bond donors (Lipinski definition) is 1. The largest absolute Gasteiger partial charge is 0.322 e. The van der Waals surface area contributed by atoms with Crippen molar-refractivity contribution in [3.05, 3.63) is 59.1 Å². The number of benzene rings is 2. The standard InChI is InChI=1S/C18H16ClF2NO3S/c19-12-3-6-14(7-4-12)26(24,25)18(9-1-2-10-18)17(23)22-16-11-13(20)5-8-15(16)21/h3-8,11H,1-2,9-10H2,(H,22,23). The van der Waals surface area contributed by atoms with Crippen molar-refractivity contribution in [3.63, 3.8) is 0 Å². The third-order valence-electron chi connectivity index (χ3n) is 4.64. The monoisotopic (exact) mass is 399 g/mol. The Bertz CT molecular complexity index is 939. The first kappa shape index (κ1) is 18.8. The Balaban J connectivity index is 2.01. The van der Waals surface area contributed by atoms with E-state index in [2.05, 4.69) is 5.32 Å². The Morgan fingerprint density at radius 1 is 1.04 bits per heavy atom. The zero-order valence-electron chi connectivity index (χ0n) is 13.6. The molecule has 1 N–H and O–H groups in total. The molecule has 1 aliphatic rings.